The summed E-state index contributed by atoms with van der Waals surface area (Å²) in [5.74, 6) is 1.93. The van der Waals surface area contributed by atoms with E-state index in [4.69, 9.17) is 4.42 Å². The molecule has 0 bridgehead atoms. The van der Waals surface area contributed by atoms with Crippen LogP contribution in [0.2, 0.25) is 0 Å². The van der Waals surface area contributed by atoms with Crippen molar-refractivity contribution >= 4 is 0 Å². The zero-order valence-corrected chi connectivity index (χ0v) is 9.44. The largest absolute Gasteiger partial charge is 0.465 e. The number of nitrogens with zero attached hydrogens (tertiary/aromatic N) is 1. The number of aryl methyl sites for hydroxylation is 1. The molecule has 15 heavy (non-hydrogen) atoms. The Morgan fingerprint density at radius 2 is 2.27 bits per heavy atom. The number of hydrogen-bond donors (Lipinski definition) is 1. The molecule has 2 rings (SSSR count). The standard InChI is InChI=1S/C12H19NO2/c1-9-6-7-10(15-9)8-13(2)11-4-3-5-12(11)14/h6-7,11-12,14H,3-5,8H2,1-2H3. The van der Waals surface area contributed by atoms with E-state index in [1.807, 2.05) is 19.1 Å². The van der Waals surface area contributed by atoms with Gasteiger partial charge in [0.05, 0.1) is 12.6 Å². The van der Waals surface area contributed by atoms with Gasteiger partial charge in [-0.1, -0.05) is 0 Å². The van der Waals surface area contributed by atoms with Crippen molar-refractivity contribution in [1.82, 2.24) is 4.90 Å². The Hall–Kier alpha value is -0.800. The van der Waals surface area contributed by atoms with E-state index in [1.165, 1.54) is 0 Å². The van der Waals surface area contributed by atoms with E-state index in [2.05, 4.69) is 11.9 Å². The van der Waals surface area contributed by atoms with Crippen molar-refractivity contribution in [2.24, 2.45) is 0 Å². The van der Waals surface area contributed by atoms with Crippen LogP contribution in [-0.4, -0.2) is 29.2 Å². The molecule has 0 aromatic carbocycles. The molecule has 0 radical (unpaired) electrons. The Kier molecular flexibility index (Phi) is 3.12. The maximum absolute atomic E-state index is 9.77. The minimum Gasteiger partial charge on any atom is -0.465 e. The van der Waals surface area contributed by atoms with Gasteiger partial charge in [-0.05, 0) is 45.4 Å². The van der Waals surface area contributed by atoms with Crippen molar-refractivity contribution in [2.75, 3.05) is 7.05 Å². The number of furan rings is 1. The zero-order chi connectivity index (χ0) is 10.8. The van der Waals surface area contributed by atoms with E-state index in [1.54, 1.807) is 0 Å². The summed E-state index contributed by atoms with van der Waals surface area (Å²) in [7, 11) is 2.05. The van der Waals surface area contributed by atoms with Gasteiger partial charge in [0.25, 0.3) is 0 Å². The summed E-state index contributed by atoms with van der Waals surface area (Å²) < 4.78 is 5.53. The van der Waals surface area contributed by atoms with Gasteiger partial charge in [-0.15, -0.1) is 0 Å². The van der Waals surface area contributed by atoms with Crippen LogP contribution in [0, 0.1) is 6.92 Å². The Morgan fingerprint density at radius 3 is 2.80 bits per heavy atom. The fourth-order valence-electron chi connectivity index (χ4n) is 2.37. The molecule has 0 spiro atoms. The first-order chi connectivity index (χ1) is 7.16. The van der Waals surface area contributed by atoms with E-state index in [-0.39, 0.29) is 6.10 Å². The third kappa shape index (κ3) is 2.41. The second kappa shape index (κ2) is 4.37. The average molecular weight is 209 g/mol. The SMILES string of the molecule is Cc1ccc(CN(C)C2CCCC2O)o1. The third-order valence-corrected chi connectivity index (χ3v) is 3.21. The summed E-state index contributed by atoms with van der Waals surface area (Å²) in [6.45, 7) is 2.74. The monoisotopic (exact) mass is 209 g/mol. The molecular formula is C12H19NO2. The second-order valence-corrected chi connectivity index (χ2v) is 4.49. The molecule has 1 heterocycles. The lowest BCUT2D eigenvalue weighted by Crippen LogP contribution is -2.36. The predicted octanol–water partition coefficient (Wildman–Crippen LogP) is 1.93. The van der Waals surface area contributed by atoms with Crippen molar-refractivity contribution in [2.45, 2.75) is 44.9 Å². The average Bonchev–Trinajstić information content (AvgIpc) is 2.75. The number of hydrogen-bond acceptors (Lipinski definition) is 3. The van der Waals surface area contributed by atoms with Gasteiger partial charge in [0, 0.05) is 6.04 Å². The first-order valence-electron chi connectivity index (χ1n) is 5.60. The molecule has 2 atom stereocenters. The molecular weight excluding hydrogens is 190 g/mol. The fraction of sp³-hybridized carbons (Fsp3) is 0.667. The normalized spacial score (nSPS) is 26.4. The summed E-state index contributed by atoms with van der Waals surface area (Å²) in [6.07, 6.45) is 3.00. The minimum absolute atomic E-state index is 0.161. The van der Waals surface area contributed by atoms with Crippen molar-refractivity contribution in [3.05, 3.63) is 23.7 Å². The van der Waals surface area contributed by atoms with Crippen LogP contribution in [0.1, 0.15) is 30.8 Å². The van der Waals surface area contributed by atoms with Crippen LogP contribution < -0.4 is 0 Å². The van der Waals surface area contributed by atoms with Crippen LogP contribution in [0.3, 0.4) is 0 Å². The van der Waals surface area contributed by atoms with E-state index in [0.29, 0.717) is 6.04 Å². The summed E-state index contributed by atoms with van der Waals surface area (Å²) in [5, 5.41) is 9.77. The van der Waals surface area contributed by atoms with E-state index in [9.17, 15) is 5.11 Å². The van der Waals surface area contributed by atoms with Gasteiger partial charge < -0.3 is 9.52 Å². The van der Waals surface area contributed by atoms with Gasteiger partial charge in [-0.25, -0.2) is 0 Å². The van der Waals surface area contributed by atoms with Gasteiger partial charge in [-0.2, -0.15) is 0 Å². The van der Waals surface area contributed by atoms with Crippen LogP contribution in [-0.2, 0) is 6.54 Å². The molecule has 1 aliphatic rings. The highest BCUT2D eigenvalue weighted by molar-refractivity contribution is 5.05. The zero-order valence-electron chi connectivity index (χ0n) is 9.44. The Bertz CT molecular complexity index is 321. The lowest BCUT2D eigenvalue weighted by Gasteiger charge is -2.25. The second-order valence-electron chi connectivity index (χ2n) is 4.49. The minimum atomic E-state index is -0.161. The quantitative estimate of drug-likeness (QED) is 0.826. The van der Waals surface area contributed by atoms with Crippen molar-refractivity contribution in [1.29, 1.82) is 0 Å². The van der Waals surface area contributed by atoms with Crippen LogP contribution >= 0.6 is 0 Å². The molecule has 1 aromatic heterocycles. The van der Waals surface area contributed by atoms with E-state index in [0.717, 1.165) is 37.3 Å². The Balaban J connectivity index is 1.94. The Labute approximate surface area is 90.7 Å². The van der Waals surface area contributed by atoms with E-state index >= 15 is 0 Å². The molecule has 0 aliphatic heterocycles. The fourth-order valence-corrected chi connectivity index (χ4v) is 2.37. The maximum Gasteiger partial charge on any atom is 0.118 e. The van der Waals surface area contributed by atoms with Crippen LogP contribution in [0.15, 0.2) is 16.5 Å². The van der Waals surface area contributed by atoms with Crippen LogP contribution in [0.25, 0.3) is 0 Å². The highest BCUT2D eigenvalue weighted by atomic mass is 16.3. The first kappa shape index (κ1) is 10.7. The summed E-state index contributed by atoms with van der Waals surface area (Å²) in [4.78, 5) is 2.19. The van der Waals surface area contributed by atoms with Gasteiger partial charge in [0.1, 0.15) is 11.5 Å². The molecule has 1 saturated carbocycles. The molecule has 0 saturated heterocycles. The lowest BCUT2D eigenvalue weighted by molar-refractivity contribution is 0.0786. The smallest absolute Gasteiger partial charge is 0.118 e. The van der Waals surface area contributed by atoms with Gasteiger partial charge in [-0.3, -0.25) is 4.90 Å². The first-order valence-corrected chi connectivity index (χ1v) is 5.60. The molecule has 1 aliphatic carbocycles. The molecule has 3 nitrogen and oxygen atoms in total. The molecule has 1 aromatic rings. The van der Waals surface area contributed by atoms with Crippen molar-refractivity contribution in [3.8, 4) is 0 Å². The Morgan fingerprint density at radius 1 is 1.47 bits per heavy atom. The van der Waals surface area contributed by atoms with Gasteiger partial charge in [0.2, 0.25) is 0 Å². The molecule has 3 heteroatoms. The highest BCUT2D eigenvalue weighted by Crippen LogP contribution is 2.24. The number of likely N-dealkylation sites (N-methyl/N-ethyl adjacent to an activating group) is 1. The number of aliphatic hydroxyl groups is 1. The lowest BCUT2D eigenvalue weighted by atomic mass is 10.2. The molecule has 1 fully saturated rings. The highest BCUT2D eigenvalue weighted by Gasteiger charge is 2.28. The van der Waals surface area contributed by atoms with Crippen molar-refractivity contribution in [3.63, 3.8) is 0 Å². The topological polar surface area (TPSA) is 36.6 Å². The van der Waals surface area contributed by atoms with E-state index < -0.39 is 0 Å². The van der Waals surface area contributed by atoms with Crippen LogP contribution in [0.5, 0.6) is 0 Å². The number of aliphatic hydroxyl groups excluding tert-OH is 1. The maximum atomic E-state index is 9.77. The summed E-state index contributed by atoms with van der Waals surface area (Å²) >= 11 is 0. The third-order valence-electron chi connectivity index (χ3n) is 3.21. The van der Waals surface area contributed by atoms with Gasteiger partial charge >= 0.3 is 0 Å². The molecule has 2 unspecified atom stereocenters. The van der Waals surface area contributed by atoms with Crippen LogP contribution in [0.4, 0.5) is 0 Å². The molecule has 1 N–H and O–H groups in total. The predicted molar refractivity (Wildman–Crippen MR) is 58.6 cm³/mol. The van der Waals surface area contributed by atoms with Gasteiger partial charge in [0.15, 0.2) is 0 Å². The summed E-state index contributed by atoms with van der Waals surface area (Å²) in [6, 6.07) is 4.29. The summed E-state index contributed by atoms with van der Waals surface area (Å²) in [5.41, 5.74) is 0. The number of rotatable bonds is 3. The molecule has 84 valence electrons. The molecule has 0 amide bonds. The van der Waals surface area contributed by atoms with Crippen molar-refractivity contribution < 1.29 is 9.52 Å².